The fourth-order valence-corrected chi connectivity index (χ4v) is 4.14. The van der Waals surface area contributed by atoms with E-state index in [0.717, 1.165) is 21.9 Å². The molecular weight excluding hydrogens is 444 g/mol. The summed E-state index contributed by atoms with van der Waals surface area (Å²) in [5.41, 5.74) is 2.30. The molecule has 0 radical (unpaired) electrons. The second-order valence-electron chi connectivity index (χ2n) is 8.23. The average molecular weight is 469 g/mol. The summed E-state index contributed by atoms with van der Waals surface area (Å²) in [4.78, 5) is 28.7. The number of hydrogen-bond donors (Lipinski definition) is 3. The molecule has 5 aromatic rings. The van der Waals surface area contributed by atoms with Crippen LogP contribution < -0.4 is 15.6 Å². The fraction of sp³-hybridized carbons (Fsp3) is 0.148. The van der Waals surface area contributed by atoms with Gasteiger partial charge in [-0.15, -0.1) is 0 Å². The lowest BCUT2D eigenvalue weighted by molar-refractivity contribution is 0.0924. The van der Waals surface area contributed by atoms with Crippen LogP contribution >= 0.6 is 0 Å². The quantitative estimate of drug-likeness (QED) is 0.338. The summed E-state index contributed by atoms with van der Waals surface area (Å²) in [6, 6.07) is 22.2. The molecule has 2 aromatic heterocycles. The molecule has 2 heterocycles. The van der Waals surface area contributed by atoms with Crippen LogP contribution in [0.2, 0.25) is 0 Å². The number of carbonyl (C=O) groups is 1. The highest BCUT2D eigenvalue weighted by Crippen LogP contribution is 2.23. The van der Waals surface area contributed by atoms with Crippen molar-refractivity contribution in [1.82, 2.24) is 19.9 Å². The lowest BCUT2D eigenvalue weighted by atomic mass is 10.0. The van der Waals surface area contributed by atoms with Crippen LogP contribution in [0, 0.1) is 0 Å². The van der Waals surface area contributed by atoms with Crippen molar-refractivity contribution in [3.05, 3.63) is 101 Å². The molecule has 0 aliphatic heterocycles. The number of fused-ring (bicyclic) bond motifs is 2. The number of carbonyl (C=O) groups excluding carboxylic acids is 1. The number of hydrogen-bond acceptors (Lipinski definition) is 5. The van der Waals surface area contributed by atoms with Crippen molar-refractivity contribution < 1.29 is 14.6 Å². The summed E-state index contributed by atoms with van der Waals surface area (Å²) in [7, 11) is 1.58. The molecule has 0 saturated carbocycles. The summed E-state index contributed by atoms with van der Waals surface area (Å²) < 4.78 is 6.61. The SMILES string of the molecule is COc1ccc(C(CCO)NC(=O)c2cc3c(=O)[nH]c(-c4ccc5ccccc5c4)cn3n2)cc1. The van der Waals surface area contributed by atoms with Crippen molar-refractivity contribution in [2.45, 2.75) is 12.5 Å². The number of amides is 1. The third kappa shape index (κ3) is 4.51. The second-order valence-corrected chi connectivity index (χ2v) is 8.23. The zero-order chi connectivity index (χ0) is 24.4. The molecule has 176 valence electrons. The van der Waals surface area contributed by atoms with E-state index in [-0.39, 0.29) is 23.4 Å². The number of benzene rings is 3. The molecular formula is C27H24N4O4. The predicted molar refractivity (Wildman–Crippen MR) is 134 cm³/mol. The Hall–Kier alpha value is -4.43. The average Bonchev–Trinajstić information content (AvgIpc) is 3.33. The third-order valence-corrected chi connectivity index (χ3v) is 6.00. The molecule has 5 rings (SSSR count). The van der Waals surface area contributed by atoms with E-state index >= 15 is 0 Å². The summed E-state index contributed by atoms with van der Waals surface area (Å²) in [6.45, 7) is -0.100. The van der Waals surface area contributed by atoms with Gasteiger partial charge in [-0.1, -0.05) is 48.5 Å². The zero-order valence-corrected chi connectivity index (χ0v) is 19.1. The van der Waals surface area contributed by atoms with Crippen molar-refractivity contribution in [3.8, 4) is 17.0 Å². The first-order valence-corrected chi connectivity index (χ1v) is 11.2. The number of nitrogens with one attached hydrogen (secondary N) is 2. The van der Waals surface area contributed by atoms with Crippen molar-refractivity contribution in [2.75, 3.05) is 13.7 Å². The van der Waals surface area contributed by atoms with E-state index in [9.17, 15) is 14.7 Å². The highest BCUT2D eigenvalue weighted by molar-refractivity contribution is 5.94. The van der Waals surface area contributed by atoms with Crippen LogP contribution in [0.4, 0.5) is 0 Å². The van der Waals surface area contributed by atoms with Crippen LogP contribution in [0.3, 0.4) is 0 Å². The molecule has 8 heteroatoms. The van der Waals surface area contributed by atoms with Crippen molar-refractivity contribution in [3.63, 3.8) is 0 Å². The number of ether oxygens (including phenoxy) is 1. The van der Waals surface area contributed by atoms with Gasteiger partial charge in [0.2, 0.25) is 0 Å². The molecule has 8 nitrogen and oxygen atoms in total. The third-order valence-electron chi connectivity index (χ3n) is 6.00. The Bertz CT molecular complexity index is 1570. The first-order valence-electron chi connectivity index (χ1n) is 11.2. The Morgan fingerprint density at radius 1 is 1.09 bits per heavy atom. The fourth-order valence-electron chi connectivity index (χ4n) is 4.14. The van der Waals surface area contributed by atoms with Crippen molar-refractivity contribution in [1.29, 1.82) is 0 Å². The minimum Gasteiger partial charge on any atom is -0.497 e. The molecule has 1 atom stereocenters. The standard InChI is InChI=1S/C27H24N4O4/c1-35-21-10-8-18(9-11-21)22(12-13-32)28-26(33)23-15-25-27(34)29-24(16-31(25)30-23)20-7-6-17-4-2-3-5-19(17)14-20/h2-11,14-16,22,32H,12-13H2,1H3,(H,28,33)(H,29,34). The number of methoxy groups -OCH3 is 1. The normalized spacial score (nSPS) is 12.1. The van der Waals surface area contributed by atoms with Gasteiger partial charge in [-0.05, 0) is 41.0 Å². The maximum atomic E-state index is 13.0. The molecule has 0 spiro atoms. The van der Waals surface area contributed by atoms with E-state index in [2.05, 4.69) is 15.4 Å². The van der Waals surface area contributed by atoms with Crippen LogP contribution in [0.5, 0.6) is 5.75 Å². The van der Waals surface area contributed by atoms with E-state index in [4.69, 9.17) is 4.74 Å². The van der Waals surface area contributed by atoms with Gasteiger partial charge in [-0.2, -0.15) is 5.10 Å². The van der Waals surface area contributed by atoms with Gasteiger partial charge in [0.05, 0.1) is 25.0 Å². The number of nitrogens with zero attached hydrogens (tertiary/aromatic N) is 2. The van der Waals surface area contributed by atoms with Crippen LogP contribution in [0.25, 0.3) is 27.5 Å². The minimum absolute atomic E-state index is 0.100. The number of rotatable bonds is 7. The highest BCUT2D eigenvalue weighted by Gasteiger charge is 2.19. The number of aliphatic hydroxyl groups excluding tert-OH is 1. The molecule has 0 fully saturated rings. The van der Waals surface area contributed by atoms with E-state index in [0.29, 0.717) is 17.9 Å². The van der Waals surface area contributed by atoms with Gasteiger partial charge in [0.25, 0.3) is 11.5 Å². The topological polar surface area (TPSA) is 109 Å². The van der Waals surface area contributed by atoms with Gasteiger partial charge in [-0.3, -0.25) is 9.59 Å². The molecule has 0 aliphatic carbocycles. The Morgan fingerprint density at radius 2 is 1.86 bits per heavy atom. The molecule has 1 amide bonds. The van der Waals surface area contributed by atoms with Crippen molar-refractivity contribution in [2.24, 2.45) is 0 Å². The van der Waals surface area contributed by atoms with Gasteiger partial charge >= 0.3 is 0 Å². The zero-order valence-electron chi connectivity index (χ0n) is 19.1. The summed E-state index contributed by atoms with van der Waals surface area (Å²) in [5.74, 6) is 0.263. The van der Waals surface area contributed by atoms with Crippen LogP contribution in [0.15, 0.2) is 83.8 Å². The minimum atomic E-state index is -0.436. The van der Waals surface area contributed by atoms with Crippen LogP contribution in [0.1, 0.15) is 28.5 Å². The maximum Gasteiger partial charge on any atom is 0.274 e. The largest absolute Gasteiger partial charge is 0.497 e. The van der Waals surface area contributed by atoms with Gasteiger partial charge in [0, 0.05) is 18.2 Å². The summed E-state index contributed by atoms with van der Waals surface area (Å²) >= 11 is 0. The predicted octanol–water partition coefficient (Wildman–Crippen LogP) is 3.70. The smallest absolute Gasteiger partial charge is 0.274 e. The summed E-state index contributed by atoms with van der Waals surface area (Å²) in [5, 5.41) is 18.9. The number of aliphatic hydroxyl groups is 1. The van der Waals surface area contributed by atoms with E-state index in [1.165, 1.54) is 10.6 Å². The summed E-state index contributed by atoms with van der Waals surface area (Å²) in [6.07, 6.45) is 2.03. The van der Waals surface area contributed by atoms with Crippen LogP contribution in [-0.4, -0.2) is 39.3 Å². The molecule has 0 aliphatic rings. The molecule has 3 N–H and O–H groups in total. The van der Waals surface area contributed by atoms with Gasteiger partial charge < -0.3 is 20.1 Å². The van der Waals surface area contributed by atoms with Crippen molar-refractivity contribution >= 4 is 22.2 Å². The van der Waals surface area contributed by atoms with E-state index in [1.807, 2.05) is 54.6 Å². The van der Waals surface area contributed by atoms with Gasteiger partial charge in [-0.25, -0.2) is 4.52 Å². The lowest BCUT2D eigenvalue weighted by Crippen LogP contribution is -2.29. The first kappa shape index (κ1) is 22.4. The Morgan fingerprint density at radius 3 is 2.60 bits per heavy atom. The number of aromatic nitrogens is 3. The Labute approximate surface area is 200 Å². The second kappa shape index (κ2) is 9.44. The molecule has 1 unspecified atom stereocenters. The molecule has 0 saturated heterocycles. The van der Waals surface area contributed by atoms with E-state index < -0.39 is 11.9 Å². The number of H-pyrrole nitrogens is 1. The highest BCUT2D eigenvalue weighted by atomic mass is 16.5. The molecule has 35 heavy (non-hydrogen) atoms. The lowest BCUT2D eigenvalue weighted by Gasteiger charge is -2.18. The van der Waals surface area contributed by atoms with E-state index in [1.54, 1.807) is 25.4 Å². The van der Waals surface area contributed by atoms with Crippen LogP contribution in [-0.2, 0) is 0 Å². The monoisotopic (exact) mass is 468 g/mol. The molecule has 0 bridgehead atoms. The van der Waals surface area contributed by atoms with Gasteiger partial charge in [0.15, 0.2) is 5.69 Å². The van der Waals surface area contributed by atoms with Gasteiger partial charge in [0.1, 0.15) is 11.3 Å². The first-order chi connectivity index (χ1) is 17.1. The Balaban J connectivity index is 1.44. The Kier molecular flexibility index (Phi) is 6.03. The maximum absolute atomic E-state index is 13.0. The number of aromatic amines is 1. The molecule has 3 aromatic carbocycles.